The second kappa shape index (κ2) is 4.70. The molecule has 2 aromatic rings. The SMILES string of the molecule is Cc1nc(C=O)c(CCc2cccnc2)[nH]1. The minimum Gasteiger partial charge on any atom is -0.345 e. The van der Waals surface area contributed by atoms with Crippen LogP contribution in [0.15, 0.2) is 24.5 Å². The Labute approximate surface area is 93.8 Å². The molecule has 82 valence electrons. The lowest BCUT2D eigenvalue weighted by Crippen LogP contribution is -1.96. The predicted octanol–water partition coefficient (Wildman–Crippen LogP) is 1.71. The largest absolute Gasteiger partial charge is 0.345 e. The first-order chi connectivity index (χ1) is 7.79. The first-order valence-electron chi connectivity index (χ1n) is 5.19. The Hall–Kier alpha value is -1.97. The number of nitrogens with zero attached hydrogens (tertiary/aromatic N) is 2. The molecule has 0 aliphatic carbocycles. The Balaban J connectivity index is 2.07. The number of aryl methyl sites for hydroxylation is 3. The molecule has 0 bridgehead atoms. The van der Waals surface area contributed by atoms with E-state index < -0.39 is 0 Å². The third-order valence-corrected chi connectivity index (χ3v) is 2.43. The van der Waals surface area contributed by atoms with Gasteiger partial charge in [0.2, 0.25) is 0 Å². The lowest BCUT2D eigenvalue weighted by Gasteiger charge is -1.99. The molecule has 2 heterocycles. The quantitative estimate of drug-likeness (QED) is 0.790. The maximum atomic E-state index is 10.8. The number of hydrogen-bond donors (Lipinski definition) is 1. The summed E-state index contributed by atoms with van der Waals surface area (Å²) < 4.78 is 0. The molecule has 2 rings (SSSR count). The van der Waals surface area contributed by atoms with Gasteiger partial charge in [0, 0.05) is 18.1 Å². The molecular weight excluding hydrogens is 202 g/mol. The van der Waals surface area contributed by atoms with Crippen molar-refractivity contribution >= 4 is 6.29 Å². The van der Waals surface area contributed by atoms with E-state index in [4.69, 9.17) is 0 Å². The number of rotatable bonds is 4. The van der Waals surface area contributed by atoms with Gasteiger partial charge in [0.1, 0.15) is 11.5 Å². The molecule has 0 amide bonds. The molecule has 0 fully saturated rings. The van der Waals surface area contributed by atoms with E-state index in [-0.39, 0.29) is 0 Å². The molecule has 0 aliphatic rings. The number of nitrogens with one attached hydrogen (secondary N) is 1. The Morgan fingerprint density at radius 2 is 2.31 bits per heavy atom. The van der Waals surface area contributed by atoms with Gasteiger partial charge < -0.3 is 4.98 Å². The van der Waals surface area contributed by atoms with Crippen molar-refractivity contribution < 1.29 is 4.79 Å². The molecule has 4 nitrogen and oxygen atoms in total. The van der Waals surface area contributed by atoms with Crippen molar-refractivity contribution in [1.29, 1.82) is 0 Å². The van der Waals surface area contributed by atoms with Gasteiger partial charge in [-0.3, -0.25) is 9.78 Å². The van der Waals surface area contributed by atoms with Crippen LogP contribution in [0.25, 0.3) is 0 Å². The number of aldehydes is 1. The lowest BCUT2D eigenvalue weighted by molar-refractivity contribution is 0.111. The van der Waals surface area contributed by atoms with Crippen LogP contribution in [0.1, 0.15) is 27.6 Å². The summed E-state index contributed by atoms with van der Waals surface area (Å²) in [5.41, 5.74) is 2.57. The number of H-pyrrole nitrogens is 1. The topological polar surface area (TPSA) is 58.6 Å². The maximum Gasteiger partial charge on any atom is 0.170 e. The summed E-state index contributed by atoms with van der Waals surface area (Å²) in [5, 5.41) is 0. The fourth-order valence-corrected chi connectivity index (χ4v) is 1.66. The van der Waals surface area contributed by atoms with Crippen molar-refractivity contribution in [3.05, 3.63) is 47.3 Å². The zero-order chi connectivity index (χ0) is 11.4. The molecule has 0 aliphatic heterocycles. The van der Waals surface area contributed by atoms with Crippen LogP contribution in [-0.4, -0.2) is 21.2 Å². The summed E-state index contributed by atoms with van der Waals surface area (Å²) in [6.45, 7) is 1.85. The van der Waals surface area contributed by atoms with Crippen LogP contribution in [0.5, 0.6) is 0 Å². The molecule has 0 saturated heterocycles. The Kier molecular flexibility index (Phi) is 3.10. The molecule has 16 heavy (non-hydrogen) atoms. The van der Waals surface area contributed by atoms with E-state index in [1.807, 2.05) is 25.3 Å². The van der Waals surface area contributed by atoms with Crippen molar-refractivity contribution in [1.82, 2.24) is 15.0 Å². The van der Waals surface area contributed by atoms with Crippen LogP contribution in [0, 0.1) is 6.92 Å². The molecule has 0 aromatic carbocycles. The van der Waals surface area contributed by atoms with E-state index in [1.165, 1.54) is 0 Å². The van der Waals surface area contributed by atoms with Crippen LogP contribution < -0.4 is 0 Å². The van der Waals surface area contributed by atoms with Gasteiger partial charge in [0.25, 0.3) is 0 Å². The van der Waals surface area contributed by atoms with Crippen molar-refractivity contribution in [2.75, 3.05) is 0 Å². The number of carbonyl (C=O) groups is 1. The monoisotopic (exact) mass is 215 g/mol. The Bertz CT molecular complexity index is 476. The number of aromatic nitrogens is 3. The van der Waals surface area contributed by atoms with Gasteiger partial charge in [-0.15, -0.1) is 0 Å². The highest BCUT2D eigenvalue weighted by Gasteiger charge is 2.06. The number of pyridine rings is 1. The summed E-state index contributed by atoms with van der Waals surface area (Å²) in [7, 11) is 0. The third-order valence-electron chi connectivity index (χ3n) is 2.43. The maximum absolute atomic E-state index is 10.8. The highest BCUT2D eigenvalue weighted by Crippen LogP contribution is 2.08. The Morgan fingerprint density at radius 3 is 3.00 bits per heavy atom. The van der Waals surface area contributed by atoms with E-state index in [1.54, 1.807) is 6.20 Å². The van der Waals surface area contributed by atoms with Gasteiger partial charge in [-0.2, -0.15) is 0 Å². The molecule has 0 radical (unpaired) electrons. The summed E-state index contributed by atoms with van der Waals surface area (Å²) in [5.74, 6) is 0.781. The van der Waals surface area contributed by atoms with Gasteiger partial charge in [-0.1, -0.05) is 6.07 Å². The molecular formula is C12H13N3O. The zero-order valence-corrected chi connectivity index (χ0v) is 9.10. The van der Waals surface area contributed by atoms with Crippen molar-refractivity contribution in [3.63, 3.8) is 0 Å². The van der Waals surface area contributed by atoms with Crippen LogP contribution in [0.3, 0.4) is 0 Å². The smallest absolute Gasteiger partial charge is 0.170 e. The Morgan fingerprint density at radius 1 is 1.44 bits per heavy atom. The summed E-state index contributed by atoms with van der Waals surface area (Å²) in [6.07, 6.45) is 6.02. The van der Waals surface area contributed by atoms with Gasteiger partial charge in [0.05, 0.1) is 0 Å². The van der Waals surface area contributed by atoms with Crippen molar-refractivity contribution in [2.24, 2.45) is 0 Å². The number of carbonyl (C=O) groups excluding carboxylic acids is 1. The molecule has 4 heteroatoms. The average Bonchev–Trinajstić information content (AvgIpc) is 2.68. The zero-order valence-electron chi connectivity index (χ0n) is 9.10. The van der Waals surface area contributed by atoms with Gasteiger partial charge in [-0.05, 0) is 31.4 Å². The van der Waals surface area contributed by atoms with Crippen molar-refractivity contribution in [3.8, 4) is 0 Å². The molecule has 0 unspecified atom stereocenters. The van der Waals surface area contributed by atoms with E-state index in [9.17, 15) is 4.79 Å². The van der Waals surface area contributed by atoms with E-state index >= 15 is 0 Å². The van der Waals surface area contributed by atoms with Gasteiger partial charge in [0.15, 0.2) is 6.29 Å². The molecule has 0 spiro atoms. The van der Waals surface area contributed by atoms with Gasteiger partial charge >= 0.3 is 0 Å². The number of hydrogen-bond acceptors (Lipinski definition) is 3. The second-order valence-corrected chi connectivity index (χ2v) is 3.67. The van der Waals surface area contributed by atoms with Crippen molar-refractivity contribution in [2.45, 2.75) is 19.8 Å². The summed E-state index contributed by atoms with van der Waals surface area (Å²) >= 11 is 0. The van der Waals surface area contributed by atoms with Crippen LogP contribution in [0.2, 0.25) is 0 Å². The molecule has 2 aromatic heterocycles. The molecule has 0 saturated carbocycles. The van der Waals surface area contributed by atoms with E-state index in [0.29, 0.717) is 5.69 Å². The standard InChI is InChI=1S/C12H13N3O/c1-9-14-11(12(8-16)15-9)5-4-10-3-2-6-13-7-10/h2-3,6-8H,4-5H2,1H3,(H,14,15). The minimum atomic E-state index is 0.515. The highest BCUT2D eigenvalue weighted by atomic mass is 16.1. The van der Waals surface area contributed by atoms with Gasteiger partial charge in [-0.25, -0.2) is 4.98 Å². The first kappa shape index (κ1) is 10.5. The van der Waals surface area contributed by atoms with Crippen LogP contribution in [0.4, 0.5) is 0 Å². The summed E-state index contributed by atoms with van der Waals surface area (Å²) in [6, 6.07) is 3.94. The fourth-order valence-electron chi connectivity index (χ4n) is 1.66. The molecule has 1 N–H and O–H groups in total. The normalized spacial score (nSPS) is 10.3. The number of imidazole rings is 1. The minimum absolute atomic E-state index is 0.515. The van der Waals surface area contributed by atoms with E-state index in [0.717, 1.165) is 36.2 Å². The fraction of sp³-hybridized carbons (Fsp3) is 0.250. The predicted molar refractivity (Wildman–Crippen MR) is 60.4 cm³/mol. The molecule has 0 atom stereocenters. The van der Waals surface area contributed by atoms with E-state index in [2.05, 4.69) is 15.0 Å². The summed E-state index contributed by atoms with van der Waals surface area (Å²) in [4.78, 5) is 22.0. The second-order valence-electron chi connectivity index (χ2n) is 3.67. The third kappa shape index (κ3) is 2.34. The lowest BCUT2D eigenvalue weighted by atomic mass is 10.1. The van der Waals surface area contributed by atoms with Crippen LogP contribution in [-0.2, 0) is 12.8 Å². The highest BCUT2D eigenvalue weighted by molar-refractivity contribution is 5.73. The number of aromatic amines is 1. The average molecular weight is 215 g/mol. The van der Waals surface area contributed by atoms with Crippen LogP contribution >= 0.6 is 0 Å². The first-order valence-corrected chi connectivity index (χ1v) is 5.19.